The number of ether oxygens (including phenoxy) is 1. The number of rotatable bonds is 6. The first-order valence-electron chi connectivity index (χ1n) is 4.81. The Morgan fingerprint density at radius 3 is 2.47 bits per heavy atom. The first kappa shape index (κ1) is 14.0. The third-order valence-electron chi connectivity index (χ3n) is 1.80. The Morgan fingerprint density at radius 2 is 2.07 bits per heavy atom. The number of hydrogen-bond acceptors (Lipinski definition) is 4. The maximum absolute atomic E-state index is 11.5. The first-order valence-corrected chi connectivity index (χ1v) is 6.52. The molecule has 0 radical (unpaired) electrons. The van der Waals surface area contributed by atoms with E-state index in [2.05, 4.69) is 0 Å². The van der Waals surface area contributed by atoms with Gasteiger partial charge >= 0.3 is 5.97 Å². The van der Waals surface area contributed by atoms with E-state index >= 15 is 0 Å². The van der Waals surface area contributed by atoms with Crippen LogP contribution < -0.4 is 0 Å². The van der Waals surface area contributed by atoms with E-state index in [0.717, 1.165) is 0 Å². The number of terminal acetylenes is 1. The van der Waals surface area contributed by atoms with Gasteiger partial charge in [-0.15, -0.1) is 6.42 Å². The molecular weight excluding hydrogens is 216 g/mol. The molecule has 0 aromatic rings. The molecular formula is C10H16O4S. The Hall–Kier alpha value is -1.02. The van der Waals surface area contributed by atoms with Crippen LogP contribution in [0.15, 0.2) is 0 Å². The zero-order valence-electron chi connectivity index (χ0n) is 9.02. The second kappa shape index (κ2) is 6.46. The van der Waals surface area contributed by atoms with Crippen molar-refractivity contribution >= 4 is 15.8 Å². The summed E-state index contributed by atoms with van der Waals surface area (Å²) in [5.41, 5.74) is 0. The van der Waals surface area contributed by atoms with Gasteiger partial charge in [0.1, 0.15) is 5.75 Å². The molecule has 0 rings (SSSR count). The third kappa shape index (κ3) is 4.34. The fourth-order valence-corrected chi connectivity index (χ4v) is 2.38. The summed E-state index contributed by atoms with van der Waals surface area (Å²) in [5.74, 6) is 0.915. The fraction of sp³-hybridized carbons (Fsp3) is 0.700. The molecule has 15 heavy (non-hydrogen) atoms. The molecule has 0 heterocycles. The van der Waals surface area contributed by atoms with Crippen LogP contribution in [0.2, 0.25) is 0 Å². The van der Waals surface area contributed by atoms with E-state index in [9.17, 15) is 13.2 Å². The molecule has 4 nitrogen and oxygen atoms in total. The second-order valence-electron chi connectivity index (χ2n) is 3.08. The van der Waals surface area contributed by atoms with E-state index in [1.165, 1.54) is 0 Å². The van der Waals surface area contributed by atoms with Gasteiger partial charge in [-0.05, 0) is 12.8 Å². The summed E-state index contributed by atoms with van der Waals surface area (Å²) in [6.07, 6.45) is 5.78. The van der Waals surface area contributed by atoms with Crippen molar-refractivity contribution in [2.45, 2.75) is 31.9 Å². The van der Waals surface area contributed by atoms with Crippen molar-refractivity contribution in [2.24, 2.45) is 0 Å². The largest absolute Gasteiger partial charge is 0.465 e. The molecule has 0 amide bonds. The maximum atomic E-state index is 11.5. The van der Waals surface area contributed by atoms with E-state index in [0.29, 0.717) is 6.42 Å². The van der Waals surface area contributed by atoms with Gasteiger partial charge in [0.05, 0.1) is 6.61 Å². The molecule has 0 aromatic carbocycles. The number of sulfone groups is 1. The topological polar surface area (TPSA) is 60.4 Å². The van der Waals surface area contributed by atoms with Crippen LogP contribution in [-0.2, 0) is 19.4 Å². The van der Waals surface area contributed by atoms with Gasteiger partial charge in [-0.2, -0.15) is 0 Å². The number of carbonyl (C=O) groups is 1. The normalized spacial score (nSPS) is 12.9. The molecule has 0 fully saturated rings. The average molecular weight is 232 g/mol. The Morgan fingerprint density at radius 1 is 1.47 bits per heavy atom. The lowest BCUT2D eigenvalue weighted by molar-refractivity contribution is -0.143. The van der Waals surface area contributed by atoms with E-state index < -0.39 is 26.8 Å². The summed E-state index contributed by atoms with van der Waals surface area (Å²) in [6.45, 7) is 3.69. The number of carbonyl (C=O) groups excluding carboxylic acids is 1. The molecule has 0 saturated carbocycles. The Labute approximate surface area is 90.9 Å². The lowest BCUT2D eigenvalue weighted by atomic mass is 10.3. The van der Waals surface area contributed by atoms with E-state index in [1.807, 2.05) is 12.8 Å². The number of esters is 1. The van der Waals surface area contributed by atoms with Crippen LogP contribution in [0, 0.1) is 12.3 Å². The lowest BCUT2D eigenvalue weighted by Gasteiger charge is -2.12. The highest BCUT2D eigenvalue weighted by atomic mass is 32.2. The minimum Gasteiger partial charge on any atom is -0.465 e. The summed E-state index contributed by atoms with van der Waals surface area (Å²) >= 11 is 0. The summed E-state index contributed by atoms with van der Waals surface area (Å²) < 4.78 is 27.8. The fourth-order valence-electron chi connectivity index (χ4n) is 1.08. The van der Waals surface area contributed by atoms with Gasteiger partial charge in [0.2, 0.25) is 0 Å². The maximum Gasteiger partial charge on any atom is 0.324 e. The molecule has 5 heteroatoms. The lowest BCUT2D eigenvalue weighted by Crippen LogP contribution is -2.33. The van der Waals surface area contributed by atoms with Crippen LogP contribution in [0.25, 0.3) is 0 Å². The second-order valence-corrected chi connectivity index (χ2v) is 5.26. The highest BCUT2D eigenvalue weighted by molar-refractivity contribution is 7.92. The van der Waals surface area contributed by atoms with Crippen molar-refractivity contribution in [3.63, 3.8) is 0 Å². The molecule has 0 aliphatic rings. The smallest absolute Gasteiger partial charge is 0.324 e. The van der Waals surface area contributed by atoms with Crippen LogP contribution in [-0.4, -0.2) is 32.0 Å². The SMILES string of the molecule is C#CCS(=O)(=O)C(CC)C(=O)OCCC. The van der Waals surface area contributed by atoms with Crippen molar-refractivity contribution in [3.05, 3.63) is 0 Å². The molecule has 1 unspecified atom stereocenters. The molecule has 0 saturated heterocycles. The Balaban J connectivity index is 4.63. The van der Waals surface area contributed by atoms with Crippen LogP contribution in [0.3, 0.4) is 0 Å². The first-order chi connectivity index (χ1) is 6.99. The van der Waals surface area contributed by atoms with E-state index in [1.54, 1.807) is 6.92 Å². The van der Waals surface area contributed by atoms with Gasteiger partial charge in [0, 0.05) is 0 Å². The minimum atomic E-state index is -3.56. The van der Waals surface area contributed by atoms with Gasteiger partial charge in [-0.1, -0.05) is 19.8 Å². The van der Waals surface area contributed by atoms with Crippen molar-refractivity contribution in [1.29, 1.82) is 0 Å². The zero-order chi connectivity index (χ0) is 11.9. The van der Waals surface area contributed by atoms with Gasteiger partial charge in [-0.25, -0.2) is 8.42 Å². The van der Waals surface area contributed by atoms with Crippen LogP contribution in [0.4, 0.5) is 0 Å². The number of hydrogen-bond donors (Lipinski definition) is 0. The molecule has 0 aliphatic carbocycles. The van der Waals surface area contributed by atoms with E-state index in [4.69, 9.17) is 11.2 Å². The zero-order valence-corrected chi connectivity index (χ0v) is 9.84. The van der Waals surface area contributed by atoms with Crippen LogP contribution in [0.1, 0.15) is 26.7 Å². The standard InChI is InChI=1S/C10H16O4S/c1-4-7-14-10(11)9(6-3)15(12,13)8-5-2/h2,9H,4,6-8H2,1,3H3. The average Bonchev–Trinajstić information content (AvgIpc) is 2.15. The quantitative estimate of drug-likeness (QED) is 0.501. The molecule has 0 aromatic heterocycles. The van der Waals surface area contributed by atoms with Gasteiger partial charge in [0.15, 0.2) is 15.1 Å². The van der Waals surface area contributed by atoms with E-state index in [-0.39, 0.29) is 13.0 Å². The molecule has 0 aliphatic heterocycles. The van der Waals surface area contributed by atoms with Crippen molar-refractivity contribution in [1.82, 2.24) is 0 Å². The highest BCUT2D eigenvalue weighted by Gasteiger charge is 2.31. The predicted octanol–water partition coefficient (Wildman–Crippen LogP) is 0.766. The van der Waals surface area contributed by atoms with Crippen molar-refractivity contribution in [3.8, 4) is 12.3 Å². The van der Waals surface area contributed by atoms with Crippen LogP contribution in [0.5, 0.6) is 0 Å². The summed E-state index contributed by atoms with van der Waals surface area (Å²) in [5, 5.41) is -1.12. The summed E-state index contributed by atoms with van der Waals surface area (Å²) in [6, 6.07) is 0. The van der Waals surface area contributed by atoms with Crippen LogP contribution >= 0.6 is 0 Å². The third-order valence-corrected chi connectivity index (χ3v) is 3.76. The molecule has 0 bridgehead atoms. The van der Waals surface area contributed by atoms with Crippen molar-refractivity contribution in [2.75, 3.05) is 12.4 Å². The summed E-state index contributed by atoms with van der Waals surface area (Å²) in [7, 11) is -3.56. The predicted molar refractivity (Wildman–Crippen MR) is 57.9 cm³/mol. The van der Waals surface area contributed by atoms with Crippen molar-refractivity contribution < 1.29 is 17.9 Å². The Bertz CT molecular complexity index is 337. The van der Waals surface area contributed by atoms with Gasteiger partial charge in [0.25, 0.3) is 0 Å². The van der Waals surface area contributed by atoms with Gasteiger partial charge in [-0.3, -0.25) is 4.79 Å². The molecule has 0 spiro atoms. The molecule has 0 N–H and O–H groups in total. The highest BCUT2D eigenvalue weighted by Crippen LogP contribution is 2.09. The Kier molecular flexibility index (Phi) is 6.02. The monoisotopic (exact) mass is 232 g/mol. The molecule has 86 valence electrons. The minimum absolute atomic E-state index is 0.187. The van der Waals surface area contributed by atoms with Gasteiger partial charge < -0.3 is 4.74 Å². The summed E-state index contributed by atoms with van der Waals surface area (Å²) in [4.78, 5) is 11.4. The molecule has 1 atom stereocenters.